The van der Waals surface area contributed by atoms with E-state index in [-0.39, 0.29) is 20.1 Å². The minimum Gasteiger partial charge on any atom is -0.305 e. The Bertz CT molecular complexity index is 2690. The smallest absolute Gasteiger partial charge is 0.0714 e. The van der Waals surface area contributed by atoms with Crippen LogP contribution in [0.3, 0.4) is 0 Å². The van der Waals surface area contributed by atoms with Crippen LogP contribution in [0.2, 0.25) is 0 Å². The van der Waals surface area contributed by atoms with Crippen molar-refractivity contribution < 1.29 is 20.1 Å². The number of hydrogen-bond donors (Lipinski definition) is 0. The molecule has 0 fully saturated rings. The number of fused-ring (bicyclic) bond motifs is 3. The molecule has 0 saturated heterocycles. The van der Waals surface area contributed by atoms with E-state index in [0.717, 1.165) is 33.6 Å². The van der Waals surface area contributed by atoms with Crippen molar-refractivity contribution in [2.75, 3.05) is 0 Å². The average Bonchev–Trinajstić information content (AvgIpc) is 3.22. The van der Waals surface area contributed by atoms with Gasteiger partial charge in [-0.25, -0.2) is 0 Å². The van der Waals surface area contributed by atoms with E-state index in [0.29, 0.717) is 0 Å². The molecular formula is C51H39IrN3-2. The molecule has 0 aliphatic carbocycles. The largest absolute Gasteiger partial charge is 0.305 e. The van der Waals surface area contributed by atoms with Crippen molar-refractivity contribution in [3.63, 3.8) is 0 Å². The topological polar surface area (TPSA) is 38.7 Å². The van der Waals surface area contributed by atoms with Gasteiger partial charge in [0.1, 0.15) is 0 Å². The van der Waals surface area contributed by atoms with Crippen molar-refractivity contribution in [3.8, 4) is 55.9 Å². The van der Waals surface area contributed by atoms with Gasteiger partial charge in [-0.2, -0.15) is 0 Å². The minimum atomic E-state index is 0. The van der Waals surface area contributed by atoms with Gasteiger partial charge in [0, 0.05) is 44.1 Å². The summed E-state index contributed by atoms with van der Waals surface area (Å²) < 4.78 is 0. The Labute approximate surface area is 337 Å². The van der Waals surface area contributed by atoms with Crippen LogP contribution >= 0.6 is 0 Å². The van der Waals surface area contributed by atoms with Crippen LogP contribution in [0.5, 0.6) is 0 Å². The van der Waals surface area contributed by atoms with Gasteiger partial charge in [-0.05, 0) is 101 Å². The van der Waals surface area contributed by atoms with E-state index < -0.39 is 0 Å². The third kappa shape index (κ3) is 8.07. The number of aromatic nitrogens is 3. The molecule has 3 heterocycles. The molecule has 0 atom stereocenters. The summed E-state index contributed by atoms with van der Waals surface area (Å²) >= 11 is 0. The third-order valence-electron chi connectivity index (χ3n) is 9.75. The van der Waals surface area contributed by atoms with Gasteiger partial charge in [0.05, 0.1) is 5.52 Å². The molecular weight excluding hydrogens is 847 g/mol. The van der Waals surface area contributed by atoms with E-state index in [9.17, 15) is 0 Å². The fourth-order valence-corrected chi connectivity index (χ4v) is 7.14. The molecule has 4 heteroatoms. The molecule has 269 valence electrons. The Morgan fingerprint density at radius 3 is 1.91 bits per heavy atom. The normalized spacial score (nSPS) is 10.8. The molecule has 55 heavy (non-hydrogen) atoms. The SMILES string of the molecule is Cc1cc(-c2cc(-c3ccccn3)[c-]cc2C)cc(-c2cc3ncc(C)cc3c3cc(C)ccc23)c1.[Ir].[c-]1cccc(-c2ccccc2)c1-c1ccccn1. The summed E-state index contributed by atoms with van der Waals surface area (Å²) in [6.45, 7) is 8.58. The second-order valence-electron chi connectivity index (χ2n) is 13.8. The van der Waals surface area contributed by atoms with E-state index in [4.69, 9.17) is 4.98 Å². The number of nitrogens with zero attached hydrogens (tertiary/aromatic N) is 3. The number of benzene rings is 6. The second kappa shape index (κ2) is 16.5. The summed E-state index contributed by atoms with van der Waals surface area (Å²) in [5.41, 5.74) is 17.0. The number of rotatable bonds is 5. The summed E-state index contributed by atoms with van der Waals surface area (Å²) in [4.78, 5) is 13.7. The van der Waals surface area contributed by atoms with Crippen LogP contribution in [0, 0.1) is 39.8 Å². The Hall–Kier alpha value is -6.06. The van der Waals surface area contributed by atoms with Gasteiger partial charge in [0.25, 0.3) is 0 Å². The molecule has 0 spiro atoms. The summed E-state index contributed by atoms with van der Waals surface area (Å²) in [6.07, 6.45) is 5.60. The van der Waals surface area contributed by atoms with Crippen molar-refractivity contribution in [1.82, 2.24) is 15.0 Å². The zero-order valence-corrected chi connectivity index (χ0v) is 33.7. The summed E-state index contributed by atoms with van der Waals surface area (Å²) in [5, 5.41) is 3.72. The van der Waals surface area contributed by atoms with E-state index in [1.54, 1.807) is 0 Å². The van der Waals surface area contributed by atoms with Crippen LogP contribution < -0.4 is 0 Å². The molecule has 0 unspecified atom stereocenters. The van der Waals surface area contributed by atoms with Gasteiger partial charge in [0.15, 0.2) is 0 Å². The average molecular weight is 886 g/mol. The summed E-state index contributed by atoms with van der Waals surface area (Å²) in [6, 6.07) is 57.4. The first-order chi connectivity index (χ1) is 26.4. The van der Waals surface area contributed by atoms with E-state index in [2.05, 4.69) is 129 Å². The Balaban J connectivity index is 0.000000206. The van der Waals surface area contributed by atoms with Crippen LogP contribution in [-0.2, 0) is 20.1 Å². The van der Waals surface area contributed by atoms with E-state index in [1.807, 2.05) is 85.3 Å². The third-order valence-corrected chi connectivity index (χ3v) is 9.75. The second-order valence-corrected chi connectivity index (χ2v) is 13.8. The van der Waals surface area contributed by atoms with Gasteiger partial charge in [-0.1, -0.05) is 114 Å². The molecule has 9 rings (SSSR count). The first kappa shape index (κ1) is 37.3. The van der Waals surface area contributed by atoms with Crippen molar-refractivity contribution in [1.29, 1.82) is 0 Å². The maximum Gasteiger partial charge on any atom is 0.0714 e. The monoisotopic (exact) mass is 886 g/mol. The maximum atomic E-state index is 4.80. The fourth-order valence-electron chi connectivity index (χ4n) is 7.14. The van der Waals surface area contributed by atoms with Crippen LogP contribution in [0.15, 0.2) is 164 Å². The maximum absolute atomic E-state index is 4.80. The Morgan fingerprint density at radius 2 is 1.16 bits per heavy atom. The molecule has 0 saturated carbocycles. The van der Waals surface area contributed by atoms with Gasteiger partial charge in [-0.15, -0.1) is 59.2 Å². The quantitative estimate of drug-likeness (QED) is 0.128. The predicted octanol–water partition coefficient (Wildman–Crippen LogP) is 13.0. The first-order valence-electron chi connectivity index (χ1n) is 18.2. The molecule has 9 aromatic rings. The van der Waals surface area contributed by atoms with Gasteiger partial charge in [0.2, 0.25) is 0 Å². The van der Waals surface area contributed by atoms with Crippen LogP contribution in [-0.4, -0.2) is 15.0 Å². The molecule has 0 N–H and O–H groups in total. The zero-order chi connectivity index (χ0) is 37.0. The van der Waals surface area contributed by atoms with Crippen molar-refractivity contribution in [2.45, 2.75) is 27.7 Å². The molecule has 6 aromatic carbocycles. The molecule has 0 bridgehead atoms. The molecule has 0 aliphatic heterocycles. The summed E-state index contributed by atoms with van der Waals surface area (Å²) in [7, 11) is 0. The van der Waals surface area contributed by atoms with E-state index in [1.165, 1.54) is 66.2 Å². The predicted molar refractivity (Wildman–Crippen MR) is 225 cm³/mol. The van der Waals surface area contributed by atoms with Crippen LogP contribution in [0.4, 0.5) is 0 Å². The van der Waals surface area contributed by atoms with Crippen LogP contribution in [0.25, 0.3) is 77.6 Å². The van der Waals surface area contributed by atoms with Crippen molar-refractivity contribution in [3.05, 3.63) is 199 Å². The van der Waals surface area contributed by atoms with Crippen LogP contribution in [0.1, 0.15) is 22.3 Å². The zero-order valence-electron chi connectivity index (χ0n) is 31.3. The molecule has 3 nitrogen and oxygen atoms in total. The minimum absolute atomic E-state index is 0. The Morgan fingerprint density at radius 1 is 0.455 bits per heavy atom. The molecule has 3 aromatic heterocycles. The fraction of sp³-hybridized carbons (Fsp3) is 0.0784. The molecule has 0 aliphatic rings. The number of pyridine rings is 3. The van der Waals surface area contributed by atoms with E-state index >= 15 is 0 Å². The standard InChI is InChI=1S/C34H27N2.C17H12N.Ir/c1-21-8-11-28-30(19-34-32(31(28)15-21)16-23(3)20-36-34)27-14-22(2)13-26(17-27)29-18-25(10-9-24(29)4)33-7-5-6-12-35-33;1-2-8-14(9-3-1)15-10-4-5-11-16(15)17-12-6-7-13-18-17;/h5-9,11-20H,1-4H3;1-10,12-13H;/q2*-1;. The molecule has 1 radical (unpaired) electrons. The number of aryl methyl sites for hydroxylation is 4. The molecule has 0 amide bonds. The summed E-state index contributed by atoms with van der Waals surface area (Å²) in [5.74, 6) is 0. The van der Waals surface area contributed by atoms with Gasteiger partial charge >= 0.3 is 0 Å². The van der Waals surface area contributed by atoms with Gasteiger partial charge in [-0.3, -0.25) is 4.98 Å². The van der Waals surface area contributed by atoms with Crippen molar-refractivity contribution in [2.24, 2.45) is 0 Å². The Kier molecular flexibility index (Phi) is 11.2. The van der Waals surface area contributed by atoms with Crippen molar-refractivity contribution >= 4 is 21.7 Å². The number of hydrogen-bond acceptors (Lipinski definition) is 3. The first-order valence-corrected chi connectivity index (χ1v) is 18.2. The van der Waals surface area contributed by atoms with Gasteiger partial charge < -0.3 is 9.97 Å².